The first kappa shape index (κ1) is 24.8. The molecule has 2 amide bonds. The third-order valence-corrected chi connectivity index (χ3v) is 7.86. The van der Waals surface area contributed by atoms with Gasteiger partial charge in [-0.05, 0) is 68.7 Å². The lowest BCUT2D eigenvalue weighted by molar-refractivity contribution is -0.126. The average Bonchev–Trinajstić information content (AvgIpc) is 3.13. The van der Waals surface area contributed by atoms with E-state index >= 15 is 0 Å². The van der Waals surface area contributed by atoms with Crippen LogP contribution in [0.5, 0.6) is 0 Å². The number of hydrogen-bond acceptors (Lipinski definition) is 4. The normalized spacial score (nSPS) is 15.3. The minimum atomic E-state index is -0.845. The molecular formula is C30H30N4O2S. The van der Waals surface area contributed by atoms with E-state index in [4.69, 9.17) is 5.10 Å². The second-order valence-corrected chi connectivity index (χ2v) is 10.4. The fourth-order valence-corrected chi connectivity index (χ4v) is 5.68. The molecule has 7 heteroatoms. The predicted molar refractivity (Wildman–Crippen MR) is 148 cm³/mol. The average molecular weight is 511 g/mol. The molecule has 0 bridgehead atoms. The summed E-state index contributed by atoms with van der Waals surface area (Å²) in [5, 5.41) is 8.75. The van der Waals surface area contributed by atoms with Crippen molar-refractivity contribution in [1.82, 2.24) is 15.1 Å². The van der Waals surface area contributed by atoms with Gasteiger partial charge in [-0.3, -0.25) is 14.5 Å². The third-order valence-electron chi connectivity index (χ3n) is 6.80. The number of hydrogen-bond donors (Lipinski definition) is 1. The SMILES string of the molecule is Cc1ccc(CNC(=O)[C@H]2c3c(C)nn(-c4ccccc4)c3SCC(=O)N2c2ccc(C)c(C)c2)cc1. The van der Waals surface area contributed by atoms with Crippen molar-refractivity contribution >= 4 is 29.3 Å². The summed E-state index contributed by atoms with van der Waals surface area (Å²) in [4.78, 5) is 29.3. The molecule has 0 saturated carbocycles. The number of benzene rings is 3. The summed E-state index contributed by atoms with van der Waals surface area (Å²) >= 11 is 1.43. The number of para-hydroxylation sites is 1. The van der Waals surface area contributed by atoms with Crippen LogP contribution in [0.4, 0.5) is 5.69 Å². The summed E-state index contributed by atoms with van der Waals surface area (Å²) in [5.74, 6) is -0.134. The third kappa shape index (κ3) is 4.91. The van der Waals surface area contributed by atoms with Crippen LogP contribution >= 0.6 is 11.8 Å². The summed E-state index contributed by atoms with van der Waals surface area (Å²) in [7, 11) is 0. The molecule has 1 aliphatic rings. The number of carbonyl (C=O) groups excluding carboxylic acids is 2. The predicted octanol–water partition coefficient (Wildman–Crippen LogP) is 5.60. The molecule has 6 nitrogen and oxygen atoms in total. The van der Waals surface area contributed by atoms with E-state index in [2.05, 4.69) is 5.32 Å². The Kier molecular flexibility index (Phi) is 6.89. The molecule has 188 valence electrons. The van der Waals surface area contributed by atoms with Crippen molar-refractivity contribution in [2.45, 2.75) is 45.3 Å². The van der Waals surface area contributed by atoms with Crippen molar-refractivity contribution in [3.05, 3.63) is 106 Å². The summed E-state index contributed by atoms with van der Waals surface area (Å²) < 4.78 is 1.85. The van der Waals surface area contributed by atoms with E-state index in [0.29, 0.717) is 12.2 Å². The maximum absolute atomic E-state index is 14.0. The largest absolute Gasteiger partial charge is 0.350 e. The Morgan fingerprint density at radius 3 is 2.38 bits per heavy atom. The number of nitrogens with zero attached hydrogens (tertiary/aromatic N) is 3. The topological polar surface area (TPSA) is 67.2 Å². The van der Waals surface area contributed by atoms with Gasteiger partial charge in [0.2, 0.25) is 11.8 Å². The summed E-state index contributed by atoms with van der Waals surface area (Å²) in [6, 6.07) is 23.0. The molecule has 0 unspecified atom stereocenters. The first-order valence-electron chi connectivity index (χ1n) is 12.3. The highest BCUT2D eigenvalue weighted by atomic mass is 32.2. The molecule has 37 heavy (non-hydrogen) atoms. The maximum atomic E-state index is 14.0. The van der Waals surface area contributed by atoms with Crippen LogP contribution in [0.2, 0.25) is 0 Å². The second-order valence-electron chi connectivity index (χ2n) is 9.48. The van der Waals surface area contributed by atoms with Gasteiger partial charge in [-0.1, -0.05) is 65.9 Å². The van der Waals surface area contributed by atoms with Gasteiger partial charge in [-0.25, -0.2) is 4.68 Å². The quantitative estimate of drug-likeness (QED) is 0.379. The number of carbonyl (C=O) groups is 2. The lowest BCUT2D eigenvalue weighted by Crippen LogP contribution is -2.44. The van der Waals surface area contributed by atoms with Crippen molar-refractivity contribution in [2.75, 3.05) is 10.7 Å². The number of nitrogens with one attached hydrogen (secondary N) is 1. The van der Waals surface area contributed by atoms with Gasteiger partial charge < -0.3 is 5.32 Å². The number of thioether (sulfide) groups is 1. The standard InChI is InChI=1S/C30H30N4O2S/c1-19-10-13-23(14-11-19)17-31-29(36)28-27-22(4)32-34(24-8-6-5-7-9-24)30(27)37-18-26(35)33(28)25-15-12-20(2)21(3)16-25/h5-16,28H,17-18H2,1-4H3,(H,31,36)/t28-/m1/s1. The zero-order chi connectivity index (χ0) is 26.1. The Balaban J connectivity index is 1.61. The van der Waals surface area contributed by atoms with Crippen molar-refractivity contribution in [1.29, 1.82) is 0 Å². The monoisotopic (exact) mass is 510 g/mol. The smallest absolute Gasteiger partial charge is 0.248 e. The Morgan fingerprint density at radius 1 is 0.946 bits per heavy atom. The van der Waals surface area contributed by atoms with E-state index in [9.17, 15) is 9.59 Å². The maximum Gasteiger partial charge on any atom is 0.248 e. The highest BCUT2D eigenvalue weighted by Gasteiger charge is 2.40. The second kappa shape index (κ2) is 10.3. The van der Waals surface area contributed by atoms with Crippen molar-refractivity contribution in [2.24, 2.45) is 0 Å². The molecule has 4 aromatic rings. The lowest BCUT2D eigenvalue weighted by atomic mass is 10.0. The molecule has 0 radical (unpaired) electrons. The van der Waals surface area contributed by atoms with E-state index < -0.39 is 6.04 Å². The van der Waals surface area contributed by atoms with Crippen LogP contribution < -0.4 is 10.2 Å². The fourth-order valence-electron chi connectivity index (χ4n) is 4.60. The Labute approximate surface area is 221 Å². The van der Waals surface area contributed by atoms with Crippen molar-refractivity contribution < 1.29 is 9.59 Å². The van der Waals surface area contributed by atoms with E-state index in [1.807, 2.05) is 105 Å². The van der Waals surface area contributed by atoms with Gasteiger partial charge in [0.25, 0.3) is 0 Å². The number of aromatic nitrogens is 2. The van der Waals surface area contributed by atoms with E-state index in [1.54, 1.807) is 4.90 Å². The van der Waals surface area contributed by atoms with Crippen LogP contribution in [0.1, 0.15) is 39.6 Å². The number of anilines is 1. The molecule has 3 aromatic carbocycles. The molecule has 0 spiro atoms. The summed E-state index contributed by atoms with van der Waals surface area (Å²) in [6.07, 6.45) is 0. The highest BCUT2D eigenvalue weighted by molar-refractivity contribution is 8.00. The molecular weight excluding hydrogens is 480 g/mol. The van der Waals surface area contributed by atoms with Gasteiger partial charge in [0, 0.05) is 17.8 Å². The van der Waals surface area contributed by atoms with Gasteiger partial charge in [-0.2, -0.15) is 5.10 Å². The summed E-state index contributed by atoms with van der Waals surface area (Å²) in [5.41, 5.74) is 7.46. The van der Waals surface area contributed by atoms with Crippen LogP contribution in [0.3, 0.4) is 0 Å². The van der Waals surface area contributed by atoms with Crippen molar-refractivity contribution in [3.8, 4) is 5.69 Å². The highest BCUT2D eigenvalue weighted by Crippen LogP contribution is 2.41. The number of aryl methyl sites for hydroxylation is 4. The molecule has 5 rings (SSSR count). The van der Waals surface area contributed by atoms with Gasteiger partial charge in [0.1, 0.15) is 11.1 Å². The minimum absolute atomic E-state index is 0.112. The Hall–Kier alpha value is -3.84. The lowest BCUT2D eigenvalue weighted by Gasteiger charge is -2.30. The molecule has 1 N–H and O–H groups in total. The zero-order valence-electron chi connectivity index (χ0n) is 21.5. The Morgan fingerprint density at radius 2 is 1.68 bits per heavy atom. The first-order chi connectivity index (χ1) is 17.8. The molecule has 1 aliphatic heterocycles. The Bertz CT molecular complexity index is 1460. The van der Waals surface area contributed by atoms with E-state index in [-0.39, 0.29) is 17.6 Å². The minimum Gasteiger partial charge on any atom is -0.350 e. The molecule has 1 atom stereocenters. The number of fused-ring (bicyclic) bond motifs is 1. The molecule has 0 aliphatic carbocycles. The van der Waals surface area contributed by atoms with Crippen LogP contribution in [0.25, 0.3) is 5.69 Å². The van der Waals surface area contributed by atoms with Crippen LogP contribution in [-0.2, 0) is 16.1 Å². The molecule has 0 saturated heterocycles. The van der Waals surface area contributed by atoms with Crippen LogP contribution in [-0.4, -0.2) is 27.3 Å². The fraction of sp³-hybridized carbons (Fsp3) is 0.233. The van der Waals surface area contributed by atoms with Gasteiger partial charge >= 0.3 is 0 Å². The molecule has 0 fully saturated rings. The summed E-state index contributed by atoms with van der Waals surface area (Å²) in [6.45, 7) is 8.38. The van der Waals surface area contributed by atoms with Crippen LogP contribution in [0, 0.1) is 27.7 Å². The van der Waals surface area contributed by atoms with Crippen LogP contribution in [0.15, 0.2) is 77.8 Å². The van der Waals surface area contributed by atoms with Gasteiger partial charge in [0.05, 0.1) is 17.1 Å². The number of amides is 2. The van der Waals surface area contributed by atoms with E-state index in [1.165, 1.54) is 11.8 Å². The number of rotatable bonds is 5. The molecule has 2 heterocycles. The molecule has 1 aromatic heterocycles. The first-order valence-corrected chi connectivity index (χ1v) is 13.3. The zero-order valence-corrected chi connectivity index (χ0v) is 22.3. The van der Waals surface area contributed by atoms with Gasteiger partial charge in [-0.15, -0.1) is 0 Å². The van der Waals surface area contributed by atoms with Gasteiger partial charge in [0.15, 0.2) is 0 Å². The van der Waals surface area contributed by atoms with Crippen molar-refractivity contribution in [3.63, 3.8) is 0 Å². The van der Waals surface area contributed by atoms with E-state index in [0.717, 1.165) is 44.2 Å².